The first-order valence-electron chi connectivity index (χ1n) is 5.06. The second-order valence-corrected chi connectivity index (χ2v) is 3.46. The van der Waals surface area contributed by atoms with Crippen LogP contribution in [0.3, 0.4) is 0 Å². The highest BCUT2D eigenvalue weighted by molar-refractivity contribution is 4.96. The zero-order chi connectivity index (χ0) is 9.52. The molecule has 1 fully saturated rings. The van der Waals surface area contributed by atoms with Crippen molar-refractivity contribution in [3.05, 3.63) is 0 Å². The lowest BCUT2D eigenvalue weighted by molar-refractivity contribution is -0.160. The Bertz CT molecular complexity index is 171. The van der Waals surface area contributed by atoms with Gasteiger partial charge in [-0.3, -0.25) is 0 Å². The van der Waals surface area contributed by atoms with E-state index >= 15 is 0 Å². The van der Waals surface area contributed by atoms with Crippen LogP contribution in [0.15, 0.2) is 0 Å². The molecular weight excluding hydrogens is 164 g/mol. The van der Waals surface area contributed by atoms with Gasteiger partial charge < -0.3 is 9.47 Å². The number of terminal acetylenes is 1. The van der Waals surface area contributed by atoms with E-state index in [-0.39, 0.29) is 6.10 Å². The quantitative estimate of drug-likeness (QED) is 0.490. The highest BCUT2D eigenvalue weighted by Crippen LogP contribution is 2.18. The second kappa shape index (κ2) is 6.01. The Labute approximate surface area is 80.6 Å². The fraction of sp³-hybridized carbons (Fsp3) is 0.818. The van der Waals surface area contributed by atoms with Crippen LogP contribution < -0.4 is 0 Å². The molecular formula is C11H18O2. The fourth-order valence-electron chi connectivity index (χ4n) is 1.53. The van der Waals surface area contributed by atoms with Gasteiger partial charge in [0.05, 0.1) is 6.10 Å². The van der Waals surface area contributed by atoms with Gasteiger partial charge in [-0.25, -0.2) is 0 Å². The first-order valence-corrected chi connectivity index (χ1v) is 5.06. The van der Waals surface area contributed by atoms with Crippen molar-refractivity contribution in [3.8, 4) is 12.3 Å². The standard InChI is InChI=1S/C11H18O2/c1-3-5-6-7-11-8-10(4-2)12-9-13-11/h2,10-11H,3,5-9H2,1H3. The third-order valence-electron chi connectivity index (χ3n) is 2.37. The minimum absolute atomic E-state index is 0.0274. The van der Waals surface area contributed by atoms with Crippen molar-refractivity contribution in [2.24, 2.45) is 0 Å². The van der Waals surface area contributed by atoms with E-state index in [1.165, 1.54) is 19.3 Å². The summed E-state index contributed by atoms with van der Waals surface area (Å²) >= 11 is 0. The van der Waals surface area contributed by atoms with E-state index < -0.39 is 0 Å². The predicted molar refractivity (Wildman–Crippen MR) is 52.2 cm³/mol. The van der Waals surface area contributed by atoms with E-state index in [2.05, 4.69) is 12.8 Å². The molecule has 2 unspecified atom stereocenters. The predicted octanol–water partition coefficient (Wildman–Crippen LogP) is 2.33. The maximum atomic E-state index is 5.44. The number of rotatable bonds is 4. The van der Waals surface area contributed by atoms with Crippen LogP contribution in [0.5, 0.6) is 0 Å². The monoisotopic (exact) mass is 182 g/mol. The van der Waals surface area contributed by atoms with E-state index in [0.29, 0.717) is 12.9 Å². The molecule has 2 heteroatoms. The van der Waals surface area contributed by atoms with Gasteiger partial charge in [0.15, 0.2) is 0 Å². The first-order chi connectivity index (χ1) is 6.36. The van der Waals surface area contributed by atoms with E-state index in [9.17, 15) is 0 Å². The molecule has 0 aliphatic carbocycles. The zero-order valence-corrected chi connectivity index (χ0v) is 8.29. The second-order valence-electron chi connectivity index (χ2n) is 3.46. The Morgan fingerprint density at radius 1 is 1.38 bits per heavy atom. The third kappa shape index (κ3) is 3.80. The van der Waals surface area contributed by atoms with Gasteiger partial charge in [0, 0.05) is 6.42 Å². The molecule has 2 nitrogen and oxygen atoms in total. The molecule has 0 radical (unpaired) electrons. The van der Waals surface area contributed by atoms with Gasteiger partial charge in [0.25, 0.3) is 0 Å². The van der Waals surface area contributed by atoms with Crippen molar-refractivity contribution < 1.29 is 9.47 Å². The molecule has 0 aromatic rings. The molecule has 1 aliphatic rings. The molecule has 1 saturated heterocycles. The molecule has 0 aromatic carbocycles. The zero-order valence-electron chi connectivity index (χ0n) is 8.29. The molecule has 0 bridgehead atoms. The Morgan fingerprint density at radius 3 is 2.92 bits per heavy atom. The highest BCUT2D eigenvalue weighted by atomic mass is 16.7. The molecule has 0 saturated carbocycles. The van der Waals surface area contributed by atoms with Crippen LogP contribution in [0.2, 0.25) is 0 Å². The van der Waals surface area contributed by atoms with Gasteiger partial charge in [-0.2, -0.15) is 0 Å². The summed E-state index contributed by atoms with van der Waals surface area (Å²) < 4.78 is 10.6. The topological polar surface area (TPSA) is 18.5 Å². The van der Waals surface area contributed by atoms with Crippen molar-refractivity contribution in [1.82, 2.24) is 0 Å². The van der Waals surface area contributed by atoms with Gasteiger partial charge in [0.2, 0.25) is 0 Å². The van der Waals surface area contributed by atoms with Crippen LogP contribution in [0, 0.1) is 12.3 Å². The molecule has 0 N–H and O–H groups in total. The average molecular weight is 182 g/mol. The van der Waals surface area contributed by atoms with Crippen LogP contribution in [0.4, 0.5) is 0 Å². The Kier molecular flexibility index (Phi) is 4.88. The minimum atomic E-state index is -0.0274. The highest BCUT2D eigenvalue weighted by Gasteiger charge is 2.20. The molecule has 74 valence electrons. The molecule has 1 heterocycles. The van der Waals surface area contributed by atoms with E-state index in [4.69, 9.17) is 15.9 Å². The van der Waals surface area contributed by atoms with E-state index in [0.717, 1.165) is 12.8 Å². The van der Waals surface area contributed by atoms with Crippen LogP contribution in [-0.2, 0) is 9.47 Å². The summed E-state index contributed by atoms with van der Waals surface area (Å²) in [5, 5.41) is 0. The fourth-order valence-corrected chi connectivity index (χ4v) is 1.53. The molecule has 1 rings (SSSR count). The van der Waals surface area contributed by atoms with Gasteiger partial charge in [-0.05, 0) is 6.42 Å². The molecule has 13 heavy (non-hydrogen) atoms. The molecule has 0 amide bonds. The summed E-state index contributed by atoms with van der Waals surface area (Å²) in [4.78, 5) is 0. The summed E-state index contributed by atoms with van der Waals surface area (Å²) in [6, 6.07) is 0. The van der Waals surface area contributed by atoms with Gasteiger partial charge >= 0.3 is 0 Å². The van der Waals surface area contributed by atoms with E-state index in [1.807, 2.05) is 0 Å². The Morgan fingerprint density at radius 2 is 2.23 bits per heavy atom. The summed E-state index contributed by atoms with van der Waals surface area (Å²) in [5.74, 6) is 2.62. The molecule has 0 spiro atoms. The number of unbranched alkanes of at least 4 members (excludes halogenated alkanes) is 2. The van der Waals surface area contributed by atoms with Crippen molar-refractivity contribution in [3.63, 3.8) is 0 Å². The van der Waals surface area contributed by atoms with E-state index in [1.54, 1.807) is 0 Å². The molecule has 1 aliphatic heterocycles. The lowest BCUT2D eigenvalue weighted by atomic mass is 10.0. The normalized spacial score (nSPS) is 28.3. The average Bonchev–Trinajstić information content (AvgIpc) is 2.19. The third-order valence-corrected chi connectivity index (χ3v) is 2.37. The summed E-state index contributed by atoms with van der Waals surface area (Å²) in [5.41, 5.74) is 0. The maximum absolute atomic E-state index is 5.44. The number of ether oxygens (including phenoxy) is 2. The van der Waals surface area contributed by atoms with Gasteiger partial charge in [-0.15, -0.1) is 6.42 Å². The van der Waals surface area contributed by atoms with Crippen molar-refractivity contribution >= 4 is 0 Å². The smallest absolute Gasteiger partial charge is 0.148 e. The lowest BCUT2D eigenvalue weighted by Gasteiger charge is -2.26. The Hall–Kier alpha value is -0.520. The Balaban J connectivity index is 2.15. The number of hydrogen-bond acceptors (Lipinski definition) is 2. The first kappa shape index (κ1) is 10.6. The van der Waals surface area contributed by atoms with Gasteiger partial charge in [0.1, 0.15) is 12.9 Å². The minimum Gasteiger partial charge on any atom is -0.352 e. The largest absolute Gasteiger partial charge is 0.352 e. The van der Waals surface area contributed by atoms with Crippen LogP contribution in [0.25, 0.3) is 0 Å². The van der Waals surface area contributed by atoms with Crippen molar-refractivity contribution in [1.29, 1.82) is 0 Å². The van der Waals surface area contributed by atoms with Crippen molar-refractivity contribution in [2.45, 2.75) is 51.2 Å². The summed E-state index contributed by atoms with van der Waals surface area (Å²) in [7, 11) is 0. The SMILES string of the molecule is C#CC1CC(CCCCC)OCO1. The van der Waals surface area contributed by atoms with Crippen LogP contribution in [-0.4, -0.2) is 19.0 Å². The van der Waals surface area contributed by atoms with Crippen molar-refractivity contribution in [2.75, 3.05) is 6.79 Å². The van der Waals surface area contributed by atoms with Crippen LogP contribution >= 0.6 is 0 Å². The number of hydrogen-bond donors (Lipinski definition) is 0. The lowest BCUT2D eigenvalue weighted by Crippen LogP contribution is -2.30. The summed E-state index contributed by atoms with van der Waals surface area (Å²) in [6.45, 7) is 2.57. The summed E-state index contributed by atoms with van der Waals surface area (Å²) in [6.07, 6.45) is 11.3. The maximum Gasteiger partial charge on any atom is 0.148 e. The molecule has 2 atom stereocenters. The van der Waals surface area contributed by atoms with Crippen LogP contribution in [0.1, 0.15) is 39.0 Å². The van der Waals surface area contributed by atoms with Gasteiger partial charge in [-0.1, -0.05) is 32.1 Å². The molecule has 0 aromatic heterocycles.